The molecule has 2 rings (SSSR count). The maximum absolute atomic E-state index is 5.85. The fraction of sp³-hybridized carbons (Fsp3) is 0.273. The molecule has 0 aliphatic heterocycles. The molecule has 0 amide bonds. The molecule has 80 valence electrons. The van der Waals surface area contributed by atoms with Gasteiger partial charge in [0.15, 0.2) is 0 Å². The molecule has 4 heteroatoms. The average molecular weight is 258 g/mol. The highest BCUT2D eigenvalue weighted by Gasteiger charge is 1.99. The molecule has 0 aliphatic rings. The van der Waals surface area contributed by atoms with Crippen LogP contribution in [0.25, 0.3) is 0 Å². The van der Waals surface area contributed by atoms with Crippen molar-refractivity contribution in [2.45, 2.75) is 20.0 Å². The maximum atomic E-state index is 5.85. The topological polar surface area (TPSA) is 12.0 Å². The smallest absolute Gasteiger partial charge is 0.0931 e. The highest BCUT2D eigenvalue weighted by atomic mass is 35.5. The van der Waals surface area contributed by atoms with E-state index in [-0.39, 0.29) is 0 Å². The Morgan fingerprint density at radius 1 is 1.07 bits per heavy atom. The van der Waals surface area contributed by atoms with Crippen LogP contribution in [0.3, 0.4) is 0 Å². The van der Waals surface area contributed by atoms with Crippen molar-refractivity contribution in [3.63, 3.8) is 0 Å². The number of hydrogen-bond donors (Lipinski definition) is 1. The molecule has 1 N–H and O–H groups in total. The molecule has 0 saturated carbocycles. The van der Waals surface area contributed by atoms with Gasteiger partial charge in [-0.05, 0) is 31.2 Å². The van der Waals surface area contributed by atoms with E-state index in [0.717, 1.165) is 17.4 Å². The van der Waals surface area contributed by atoms with Gasteiger partial charge in [-0.25, -0.2) is 0 Å². The lowest BCUT2D eigenvalue weighted by atomic mass is 10.4. The molecule has 0 bridgehead atoms. The van der Waals surface area contributed by atoms with Gasteiger partial charge in [0, 0.05) is 27.7 Å². The van der Waals surface area contributed by atoms with E-state index in [1.807, 2.05) is 17.4 Å². The zero-order valence-corrected chi connectivity index (χ0v) is 10.8. The maximum Gasteiger partial charge on any atom is 0.0931 e. The van der Waals surface area contributed by atoms with Gasteiger partial charge in [-0.2, -0.15) is 0 Å². The third-order valence-corrected chi connectivity index (χ3v) is 4.26. The van der Waals surface area contributed by atoms with Crippen LogP contribution in [0.1, 0.15) is 14.6 Å². The van der Waals surface area contributed by atoms with Crippen LogP contribution in [0.2, 0.25) is 4.34 Å². The third-order valence-electron chi connectivity index (χ3n) is 2.02. The Hall–Kier alpha value is -0.350. The monoisotopic (exact) mass is 257 g/mol. The molecule has 15 heavy (non-hydrogen) atoms. The minimum Gasteiger partial charge on any atom is -0.307 e. The highest BCUT2D eigenvalue weighted by molar-refractivity contribution is 7.16. The van der Waals surface area contributed by atoms with Crippen LogP contribution in [0.15, 0.2) is 24.3 Å². The van der Waals surface area contributed by atoms with Gasteiger partial charge in [0.2, 0.25) is 0 Å². The Morgan fingerprint density at radius 3 is 2.27 bits per heavy atom. The van der Waals surface area contributed by atoms with E-state index in [1.54, 1.807) is 11.3 Å². The van der Waals surface area contributed by atoms with Crippen LogP contribution >= 0.6 is 34.3 Å². The largest absolute Gasteiger partial charge is 0.307 e. The fourth-order valence-electron chi connectivity index (χ4n) is 1.34. The molecule has 0 unspecified atom stereocenters. The minimum absolute atomic E-state index is 0.860. The Labute approximate surface area is 103 Å². The lowest BCUT2D eigenvalue weighted by Crippen LogP contribution is -2.10. The summed E-state index contributed by atoms with van der Waals surface area (Å²) in [6.07, 6.45) is 0. The highest BCUT2D eigenvalue weighted by Crippen LogP contribution is 2.21. The summed E-state index contributed by atoms with van der Waals surface area (Å²) in [5, 5.41) is 3.41. The molecule has 0 aromatic carbocycles. The number of hydrogen-bond acceptors (Lipinski definition) is 3. The molecule has 1 nitrogen and oxygen atoms in total. The summed E-state index contributed by atoms with van der Waals surface area (Å²) in [4.78, 5) is 4.04. The first-order chi connectivity index (χ1) is 7.24. The number of nitrogens with one attached hydrogen (secondary N) is 1. The van der Waals surface area contributed by atoms with Gasteiger partial charge >= 0.3 is 0 Å². The Morgan fingerprint density at radius 2 is 1.73 bits per heavy atom. The van der Waals surface area contributed by atoms with Crippen molar-refractivity contribution in [1.82, 2.24) is 5.32 Å². The van der Waals surface area contributed by atoms with E-state index in [4.69, 9.17) is 11.6 Å². The van der Waals surface area contributed by atoms with Crippen molar-refractivity contribution < 1.29 is 0 Å². The molecule has 0 aliphatic carbocycles. The molecule has 2 heterocycles. The quantitative estimate of drug-likeness (QED) is 0.871. The zero-order valence-electron chi connectivity index (χ0n) is 8.42. The summed E-state index contributed by atoms with van der Waals surface area (Å²) < 4.78 is 0.860. The molecule has 0 atom stereocenters. The summed E-state index contributed by atoms with van der Waals surface area (Å²) in [5.74, 6) is 0. The second-order valence-electron chi connectivity index (χ2n) is 3.32. The van der Waals surface area contributed by atoms with Crippen molar-refractivity contribution >= 4 is 34.3 Å². The second-order valence-corrected chi connectivity index (χ2v) is 6.49. The first-order valence-electron chi connectivity index (χ1n) is 4.74. The molecular weight excluding hydrogens is 246 g/mol. The van der Waals surface area contributed by atoms with Crippen LogP contribution in [0.5, 0.6) is 0 Å². The predicted octanol–water partition coefficient (Wildman–Crippen LogP) is 4.06. The summed E-state index contributed by atoms with van der Waals surface area (Å²) in [7, 11) is 0. The minimum atomic E-state index is 0.860. The average Bonchev–Trinajstić information content (AvgIpc) is 2.76. The summed E-state index contributed by atoms with van der Waals surface area (Å²) in [5.41, 5.74) is 0. The van der Waals surface area contributed by atoms with E-state index in [2.05, 4.69) is 30.4 Å². The summed E-state index contributed by atoms with van der Waals surface area (Å²) in [6, 6.07) is 8.34. The van der Waals surface area contributed by atoms with E-state index in [0.29, 0.717) is 0 Å². The van der Waals surface area contributed by atoms with Crippen LogP contribution in [0, 0.1) is 6.92 Å². The molecule has 0 saturated heterocycles. The summed E-state index contributed by atoms with van der Waals surface area (Å²) in [6.45, 7) is 3.97. The zero-order chi connectivity index (χ0) is 10.7. The number of rotatable bonds is 4. The fourth-order valence-corrected chi connectivity index (χ4v) is 3.25. The SMILES string of the molecule is Cc1ccc(CNCc2ccc(Cl)s2)s1. The standard InChI is InChI=1S/C11H12ClNS2/c1-8-2-3-9(14-8)6-13-7-10-4-5-11(12)15-10/h2-5,13H,6-7H2,1H3. The predicted molar refractivity (Wildman–Crippen MR) is 68.9 cm³/mol. The first kappa shape index (κ1) is 11.1. The van der Waals surface area contributed by atoms with Gasteiger partial charge in [0.1, 0.15) is 0 Å². The van der Waals surface area contributed by atoms with Crippen LogP contribution in [-0.4, -0.2) is 0 Å². The third kappa shape index (κ3) is 3.31. The van der Waals surface area contributed by atoms with Crippen molar-refractivity contribution in [1.29, 1.82) is 0 Å². The van der Waals surface area contributed by atoms with Gasteiger partial charge < -0.3 is 5.32 Å². The van der Waals surface area contributed by atoms with Crippen molar-refractivity contribution in [2.24, 2.45) is 0 Å². The molecule has 2 aromatic rings. The van der Waals surface area contributed by atoms with E-state index in [1.165, 1.54) is 14.6 Å². The number of thiophene rings is 2. The van der Waals surface area contributed by atoms with Gasteiger partial charge in [0.05, 0.1) is 4.34 Å². The van der Waals surface area contributed by atoms with Gasteiger partial charge in [-0.1, -0.05) is 11.6 Å². The first-order valence-corrected chi connectivity index (χ1v) is 6.75. The van der Waals surface area contributed by atoms with Gasteiger partial charge in [0.25, 0.3) is 0 Å². The Kier molecular flexibility index (Phi) is 3.81. The van der Waals surface area contributed by atoms with E-state index in [9.17, 15) is 0 Å². The summed E-state index contributed by atoms with van der Waals surface area (Å²) >= 11 is 9.33. The molecule has 2 aromatic heterocycles. The molecule has 0 fully saturated rings. The van der Waals surface area contributed by atoms with Gasteiger partial charge in [-0.15, -0.1) is 22.7 Å². The van der Waals surface area contributed by atoms with Crippen molar-refractivity contribution in [2.75, 3.05) is 0 Å². The number of halogens is 1. The number of aryl methyl sites for hydroxylation is 1. The molecular formula is C11H12ClNS2. The van der Waals surface area contributed by atoms with Gasteiger partial charge in [-0.3, -0.25) is 0 Å². The van der Waals surface area contributed by atoms with Crippen molar-refractivity contribution in [3.8, 4) is 0 Å². The normalized spacial score (nSPS) is 10.8. The van der Waals surface area contributed by atoms with Crippen molar-refractivity contribution in [3.05, 3.63) is 43.2 Å². The van der Waals surface area contributed by atoms with Crippen LogP contribution in [-0.2, 0) is 13.1 Å². The molecule has 0 spiro atoms. The lowest BCUT2D eigenvalue weighted by Gasteiger charge is -1.99. The Balaban J connectivity index is 1.80. The van der Waals surface area contributed by atoms with E-state index < -0.39 is 0 Å². The Bertz CT molecular complexity index is 393. The lowest BCUT2D eigenvalue weighted by molar-refractivity contribution is 0.709. The second kappa shape index (κ2) is 5.12. The van der Waals surface area contributed by atoms with E-state index >= 15 is 0 Å². The van der Waals surface area contributed by atoms with Crippen LogP contribution in [0.4, 0.5) is 0 Å². The molecule has 0 radical (unpaired) electrons. The van der Waals surface area contributed by atoms with Crippen LogP contribution < -0.4 is 5.32 Å².